The Morgan fingerprint density at radius 3 is 2.45 bits per heavy atom. The highest BCUT2D eigenvalue weighted by molar-refractivity contribution is 6.02. The van der Waals surface area contributed by atoms with E-state index in [9.17, 15) is 14.4 Å². The summed E-state index contributed by atoms with van der Waals surface area (Å²) in [5.74, 6) is 0.992. The minimum atomic E-state index is -0.315. The van der Waals surface area contributed by atoms with E-state index >= 15 is 0 Å². The molecular weight excluding hydrogens is 596 g/mol. The Bertz CT molecular complexity index is 1640. The quantitative estimate of drug-likeness (QED) is 0.280. The second-order valence-electron chi connectivity index (χ2n) is 12.5. The molecule has 0 bridgehead atoms. The van der Waals surface area contributed by atoms with Crippen molar-refractivity contribution >= 4 is 17.5 Å². The first-order valence-electron chi connectivity index (χ1n) is 16.7. The van der Waals surface area contributed by atoms with Crippen molar-refractivity contribution in [2.45, 2.75) is 59.9 Å². The number of carbonyl (C=O) groups excluding carboxylic acids is 2. The Kier molecular flexibility index (Phi) is 11.4. The Hall–Kier alpha value is -4.15. The number of rotatable bonds is 12. The van der Waals surface area contributed by atoms with E-state index in [0.717, 1.165) is 80.9 Å². The number of amides is 2. The molecule has 1 aliphatic heterocycles. The summed E-state index contributed by atoms with van der Waals surface area (Å²) in [5, 5.41) is 2.97. The molecule has 2 aromatic carbocycles. The van der Waals surface area contributed by atoms with Gasteiger partial charge in [0.25, 0.3) is 11.5 Å². The van der Waals surface area contributed by atoms with E-state index in [1.54, 1.807) is 7.11 Å². The van der Waals surface area contributed by atoms with Crippen LogP contribution in [0.3, 0.4) is 0 Å². The van der Waals surface area contributed by atoms with Crippen LogP contribution in [0.25, 0.3) is 11.1 Å². The van der Waals surface area contributed by atoms with Crippen molar-refractivity contribution in [1.29, 1.82) is 0 Å². The number of methoxy groups -OCH3 is 1. The summed E-state index contributed by atoms with van der Waals surface area (Å²) < 4.78 is 17.3. The average Bonchev–Trinajstić information content (AvgIpc) is 3.61. The number of carbonyl (C=O) groups is 2. The molecule has 2 heterocycles. The largest absolute Gasteiger partial charge is 0.493 e. The van der Waals surface area contributed by atoms with Crippen LogP contribution < -0.4 is 25.2 Å². The van der Waals surface area contributed by atoms with Gasteiger partial charge in [0.2, 0.25) is 5.91 Å². The van der Waals surface area contributed by atoms with Gasteiger partial charge in [0.1, 0.15) is 6.61 Å². The van der Waals surface area contributed by atoms with Crippen LogP contribution in [0, 0.1) is 26.7 Å². The highest BCUT2D eigenvalue weighted by Gasteiger charge is 2.29. The summed E-state index contributed by atoms with van der Waals surface area (Å²) >= 11 is 0. The molecule has 0 spiro atoms. The number of benzene rings is 2. The van der Waals surface area contributed by atoms with Crippen LogP contribution in [0.2, 0.25) is 0 Å². The lowest BCUT2D eigenvalue weighted by Gasteiger charge is -2.28. The van der Waals surface area contributed by atoms with Crippen molar-refractivity contribution < 1.29 is 23.8 Å². The predicted molar refractivity (Wildman–Crippen MR) is 184 cm³/mol. The van der Waals surface area contributed by atoms with Crippen molar-refractivity contribution in [3.63, 3.8) is 0 Å². The highest BCUT2D eigenvalue weighted by atomic mass is 16.5. The maximum atomic E-state index is 13.8. The van der Waals surface area contributed by atoms with Crippen LogP contribution in [0.1, 0.15) is 65.3 Å². The molecule has 0 atom stereocenters. The maximum Gasteiger partial charge on any atom is 0.253 e. The van der Waals surface area contributed by atoms with E-state index in [-0.39, 0.29) is 29.8 Å². The lowest BCUT2D eigenvalue weighted by atomic mass is 9.95. The molecule has 2 amide bonds. The van der Waals surface area contributed by atoms with Gasteiger partial charge in [-0.05, 0) is 93.1 Å². The van der Waals surface area contributed by atoms with Crippen LogP contribution in [0.5, 0.6) is 11.5 Å². The van der Waals surface area contributed by atoms with Crippen molar-refractivity contribution in [2.75, 3.05) is 58.0 Å². The molecule has 0 unspecified atom stereocenters. The van der Waals surface area contributed by atoms with E-state index in [2.05, 4.69) is 15.2 Å². The third-order valence-electron chi connectivity index (χ3n) is 9.39. The lowest BCUT2D eigenvalue weighted by molar-refractivity contribution is -0.122. The molecule has 0 radical (unpaired) electrons. The van der Waals surface area contributed by atoms with Gasteiger partial charge in [-0.3, -0.25) is 19.3 Å². The van der Waals surface area contributed by atoms with Gasteiger partial charge in [0, 0.05) is 61.1 Å². The van der Waals surface area contributed by atoms with Gasteiger partial charge in [-0.2, -0.15) is 0 Å². The van der Waals surface area contributed by atoms with E-state index in [1.165, 1.54) is 0 Å². The van der Waals surface area contributed by atoms with Gasteiger partial charge in [-0.25, -0.2) is 0 Å². The van der Waals surface area contributed by atoms with Crippen molar-refractivity contribution in [3.8, 4) is 22.6 Å². The zero-order valence-corrected chi connectivity index (χ0v) is 28.4. The molecule has 1 saturated carbocycles. The fraction of sp³-hybridized carbons (Fsp3) is 0.486. The number of aryl methyl sites for hydroxylation is 2. The molecule has 1 aliphatic carbocycles. The van der Waals surface area contributed by atoms with E-state index < -0.39 is 0 Å². The Morgan fingerprint density at radius 2 is 1.77 bits per heavy atom. The standard InChI is InChI=1S/C37H48N4O6/c1-6-41(37(44)27-9-7-8-10-27)32-21-29(20-30(26(32)4)35(42)38-23-31-24(2)19-25(3)39-36(31)43)28-11-12-33(34(22-28)45-5)47-18-15-40-13-16-46-17-14-40/h11-12,19-22,27H,6-10,13-18,23H2,1-5H3,(H,38,42)(H,39,43). The van der Waals surface area contributed by atoms with Gasteiger partial charge < -0.3 is 29.4 Å². The van der Waals surface area contributed by atoms with E-state index in [4.69, 9.17) is 14.2 Å². The molecule has 2 fully saturated rings. The third kappa shape index (κ3) is 8.05. The monoisotopic (exact) mass is 644 g/mol. The summed E-state index contributed by atoms with van der Waals surface area (Å²) in [6, 6.07) is 11.5. The van der Waals surface area contributed by atoms with Gasteiger partial charge >= 0.3 is 0 Å². The molecule has 5 rings (SSSR count). The first-order chi connectivity index (χ1) is 22.7. The van der Waals surface area contributed by atoms with Gasteiger partial charge in [-0.15, -0.1) is 0 Å². The fourth-order valence-electron chi connectivity index (χ4n) is 6.66. The molecule has 10 heteroatoms. The molecule has 1 aromatic heterocycles. The summed E-state index contributed by atoms with van der Waals surface area (Å²) in [4.78, 5) is 47.2. The maximum absolute atomic E-state index is 13.8. The summed E-state index contributed by atoms with van der Waals surface area (Å²) in [6.07, 6.45) is 3.88. The average molecular weight is 645 g/mol. The molecule has 10 nitrogen and oxygen atoms in total. The first kappa shape index (κ1) is 34.2. The number of nitrogens with zero attached hydrogens (tertiary/aromatic N) is 2. The number of aromatic nitrogens is 1. The number of ether oxygens (including phenoxy) is 3. The molecule has 2 aliphatic rings. The van der Waals surface area contributed by atoms with Crippen LogP contribution >= 0.6 is 0 Å². The zero-order chi connectivity index (χ0) is 33.5. The minimum absolute atomic E-state index is 0.0134. The SMILES string of the molecule is CCN(C(=O)C1CCCC1)c1cc(-c2ccc(OCCN3CCOCC3)c(OC)c2)cc(C(=O)NCc2c(C)cc(C)[nH]c2=O)c1C. The summed E-state index contributed by atoms with van der Waals surface area (Å²) in [5.41, 5.74) is 5.35. The molecule has 3 aromatic rings. The van der Waals surface area contributed by atoms with Gasteiger partial charge in [0.15, 0.2) is 11.5 Å². The van der Waals surface area contributed by atoms with Crippen LogP contribution in [-0.4, -0.2) is 74.8 Å². The lowest BCUT2D eigenvalue weighted by Crippen LogP contribution is -2.38. The number of aromatic amines is 1. The smallest absolute Gasteiger partial charge is 0.253 e. The van der Waals surface area contributed by atoms with Crippen LogP contribution in [-0.2, 0) is 16.1 Å². The Morgan fingerprint density at radius 1 is 1.02 bits per heavy atom. The third-order valence-corrected chi connectivity index (χ3v) is 9.39. The topological polar surface area (TPSA) is 113 Å². The number of morpholine rings is 1. The van der Waals surface area contributed by atoms with Gasteiger partial charge in [-0.1, -0.05) is 18.9 Å². The number of hydrogen-bond acceptors (Lipinski definition) is 7. The fourth-order valence-corrected chi connectivity index (χ4v) is 6.66. The first-order valence-corrected chi connectivity index (χ1v) is 16.7. The second kappa shape index (κ2) is 15.6. The molecular formula is C37H48N4O6. The zero-order valence-electron chi connectivity index (χ0n) is 28.4. The van der Waals surface area contributed by atoms with Crippen molar-refractivity contribution in [3.05, 3.63) is 74.7 Å². The number of pyridine rings is 1. The number of anilines is 1. The number of H-pyrrole nitrogens is 1. The highest BCUT2D eigenvalue weighted by Crippen LogP contribution is 2.37. The van der Waals surface area contributed by atoms with Crippen molar-refractivity contribution in [2.24, 2.45) is 5.92 Å². The second-order valence-corrected chi connectivity index (χ2v) is 12.5. The number of nitrogens with one attached hydrogen (secondary N) is 2. The summed E-state index contributed by atoms with van der Waals surface area (Å²) in [6.45, 7) is 12.7. The molecule has 2 N–H and O–H groups in total. The Balaban J connectivity index is 1.47. The van der Waals surface area contributed by atoms with Crippen LogP contribution in [0.15, 0.2) is 41.2 Å². The van der Waals surface area contributed by atoms with E-state index in [1.807, 2.05) is 69.0 Å². The minimum Gasteiger partial charge on any atom is -0.493 e. The van der Waals surface area contributed by atoms with Crippen molar-refractivity contribution in [1.82, 2.24) is 15.2 Å². The Labute approximate surface area is 277 Å². The summed E-state index contributed by atoms with van der Waals surface area (Å²) in [7, 11) is 1.61. The van der Waals surface area contributed by atoms with Gasteiger partial charge in [0.05, 0.1) is 20.3 Å². The van der Waals surface area contributed by atoms with Crippen LogP contribution in [0.4, 0.5) is 5.69 Å². The molecule has 252 valence electrons. The molecule has 1 saturated heterocycles. The normalized spacial score (nSPS) is 15.4. The molecule has 47 heavy (non-hydrogen) atoms. The predicted octanol–water partition coefficient (Wildman–Crippen LogP) is 5.16. The van der Waals surface area contributed by atoms with E-state index in [0.29, 0.717) is 47.0 Å². The number of hydrogen-bond donors (Lipinski definition) is 2.